The van der Waals surface area contributed by atoms with Crippen LogP contribution >= 0.6 is 0 Å². The van der Waals surface area contributed by atoms with Crippen LogP contribution in [0.4, 0.5) is 4.79 Å². The first kappa shape index (κ1) is 51.1. The van der Waals surface area contributed by atoms with Crippen molar-refractivity contribution in [3.63, 3.8) is 0 Å². The van der Waals surface area contributed by atoms with Crippen LogP contribution in [0, 0.1) is 28.6 Å². The molecule has 1 aliphatic rings. The zero-order valence-electron chi connectivity index (χ0n) is 34.5. The van der Waals surface area contributed by atoms with E-state index in [-0.39, 0.29) is 31.3 Å². The molecule has 4 N–H and O–H groups in total. The number of carbonyl (C=O) groups is 5. The van der Waals surface area contributed by atoms with Crippen molar-refractivity contribution < 1.29 is 28.2 Å². The number of nitrogens with one attached hydrogen (secondary N) is 4. The molecule has 1 saturated carbocycles. The predicted molar refractivity (Wildman–Crippen MR) is 212 cm³/mol. The maximum atomic E-state index is 13.1. The van der Waals surface area contributed by atoms with Crippen LogP contribution in [-0.2, 0) is 30.0 Å². The van der Waals surface area contributed by atoms with Gasteiger partial charge in [-0.15, -0.1) is 0 Å². The quantitative estimate of drug-likeness (QED) is 0.0594. The molecule has 1 aliphatic carbocycles. The van der Waals surface area contributed by atoms with E-state index in [1.807, 2.05) is 34.6 Å². The highest BCUT2D eigenvalue weighted by Crippen LogP contribution is 2.31. The van der Waals surface area contributed by atoms with Crippen molar-refractivity contribution in [1.82, 2.24) is 26.2 Å². The molecule has 0 heterocycles. The molecule has 0 aromatic rings. The van der Waals surface area contributed by atoms with Gasteiger partial charge in [-0.1, -0.05) is 101 Å². The number of rotatable bonds is 22. The summed E-state index contributed by atoms with van der Waals surface area (Å²) in [6.07, 6.45) is 10.4. The highest BCUT2D eigenvalue weighted by molar-refractivity contribution is 7.85. The topological polar surface area (TPSA) is 178 Å². The maximum absolute atomic E-state index is 13.1. The fraction of sp³-hybridized carbons (Fsp3) is 0.846. The van der Waals surface area contributed by atoms with Crippen LogP contribution in [-0.4, -0.2) is 88.4 Å². The second-order valence-electron chi connectivity index (χ2n) is 15.3. The van der Waals surface area contributed by atoms with E-state index >= 15 is 0 Å². The van der Waals surface area contributed by atoms with Gasteiger partial charge in [0, 0.05) is 54.8 Å². The van der Waals surface area contributed by atoms with E-state index in [0.29, 0.717) is 49.7 Å². The Labute approximate surface area is 318 Å². The van der Waals surface area contributed by atoms with Crippen molar-refractivity contribution >= 4 is 40.3 Å². The molecule has 0 aromatic heterocycles. The molecular formula is C39H74N6O6S. The first-order chi connectivity index (χ1) is 24.3. The number of ketones is 1. The molecule has 302 valence electrons. The van der Waals surface area contributed by atoms with E-state index < -0.39 is 51.9 Å². The fourth-order valence-corrected chi connectivity index (χ4v) is 6.58. The largest absolute Gasteiger partial charge is 0.348 e. The molecule has 5 amide bonds. The minimum Gasteiger partial charge on any atom is -0.348 e. The smallest absolute Gasteiger partial charge is 0.315 e. The summed E-state index contributed by atoms with van der Waals surface area (Å²) in [5, 5.41) is 19.0. The molecule has 13 heteroatoms. The van der Waals surface area contributed by atoms with Gasteiger partial charge in [-0.25, -0.2) is 4.79 Å². The van der Waals surface area contributed by atoms with E-state index in [1.165, 1.54) is 32.1 Å². The molecule has 0 radical (unpaired) electrons. The molecular weight excluding hydrogens is 681 g/mol. The lowest BCUT2D eigenvalue weighted by Gasteiger charge is -2.36. The fourth-order valence-electron chi connectivity index (χ4n) is 4.61. The van der Waals surface area contributed by atoms with Crippen LogP contribution in [0.25, 0.3) is 0 Å². The number of hydrogen-bond donors (Lipinski definition) is 4. The third-order valence-corrected chi connectivity index (χ3v) is 10.8. The number of carbonyl (C=O) groups excluding carboxylic acids is 5. The normalized spacial score (nSPS) is 13.5. The van der Waals surface area contributed by atoms with Gasteiger partial charge in [-0.05, 0) is 49.4 Å². The van der Waals surface area contributed by atoms with E-state index in [2.05, 4.69) is 55.9 Å². The van der Waals surface area contributed by atoms with E-state index in [4.69, 9.17) is 5.26 Å². The zero-order valence-corrected chi connectivity index (χ0v) is 35.3. The molecule has 2 unspecified atom stereocenters. The molecule has 2 atom stereocenters. The molecule has 0 saturated heterocycles. The second-order valence-corrected chi connectivity index (χ2v) is 16.9. The van der Waals surface area contributed by atoms with Crippen molar-refractivity contribution in [2.24, 2.45) is 17.3 Å². The lowest BCUT2D eigenvalue weighted by molar-refractivity contribution is -0.137. The lowest BCUT2D eigenvalue weighted by Crippen LogP contribution is -2.58. The minimum atomic E-state index is -1.05. The molecule has 0 aromatic carbocycles. The van der Waals surface area contributed by atoms with Gasteiger partial charge in [-0.3, -0.25) is 23.4 Å². The van der Waals surface area contributed by atoms with Gasteiger partial charge in [0.25, 0.3) is 5.91 Å². The molecule has 0 aliphatic heterocycles. The minimum absolute atomic E-state index is 0.0927. The molecule has 1 rings (SSSR count). The molecule has 1 fully saturated rings. The highest BCUT2D eigenvalue weighted by Gasteiger charge is 2.34. The number of nitriles is 1. The first-order valence-corrected chi connectivity index (χ1v) is 21.0. The van der Waals surface area contributed by atoms with E-state index in [0.717, 1.165) is 12.3 Å². The number of urea groups is 1. The monoisotopic (exact) mass is 755 g/mol. The third-order valence-electron chi connectivity index (χ3n) is 9.20. The van der Waals surface area contributed by atoms with Gasteiger partial charge in [0.05, 0.1) is 18.2 Å². The van der Waals surface area contributed by atoms with Gasteiger partial charge in [0.1, 0.15) is 6.54 Å². The molecule has 12 nitrogen and oxygen atoms in total. The zero-order chi connectivity index (χ0) is 40.3. The highest BCUT2D eigenvalue weighted by atomic mass is 32.2. The first-order valence-electron chi connectivity index (χ1n) is 19.5. The second kappa shape index (κ2) is 28.5. The summed E-state index contributed by atoms with van der Waals surface area (Å²) in [5.41, 5.74) is -1.01. The van der Waals surface area contributed by atoms with E-state index in [9.17, 15) is 28.2 Å². The number of nitrogens with zero attached hydrogens (tertiary/aromatic N) is 2. The van der Waals surface area contributed by atoms with Crippen molar-refractivity contribution in [2.75, 3.05) is 38.2 Å². The number of Topliss-reactive ketones (excluding diaryl/α,β-unsaturated/α-hetero) is 1. The summed E-state index contributed by atoms with van der Waals surface area (Å²) in [6, 6.07) is 0.857. The summed E-state index contributed by atoms with van der Waals surface area (Å²) < 4.78 is 12.8. The van der Waals surface area contributed by atoms with Crippen molar-refractivity contribution in [1.29, 1.82) is 5.26 Å². The Hall–Kier alpha value is -3.01. The predicted octanol–water partition coefficient (Wildman–Crippen LogP) is 6.01. The number of unbranched alkanes of at least 4 members (excludes halogenated alkanes) is 2. The van der Waals surface area contributed by atoms with Crippen LogP contribution in [0.2, 0.25) is 0 Å². The summed E-state index contributed by atoms with van der Waals surface area (Å²) in [5.74, 6) is 0.274. The van der Waals surface area contributed by atoms with Crippen molar-refractivity contribution in [3.05, 3.63) is 0 Å². The summed E-state index contributed by atoms with van der Waals surface area (Å²) in [6.45, 7) is 20.3. The molecule has 52 heavy (non-hydrogen) atoms. The van der Waals surface area contributed by atoms with Gasteiger partial charge in [0.2, 0.25) is 17.6 Å². The van der Waals surface area contributed by atoms with Crippen LogP contribution in [0.15, 0.2) is 0 Å². The van der Waals surface area contributed by atoms with Gasteiger partial charge < -0.3 is 26.2 Å². The van der Waals surface area contributed by atoms with Crippen molar-refractivity contribution in [3.8, 4) is 6.07 Å². The lowest BCUT2D eigenvalue weighted by atomic mass is 9.84. The van der Waals surface area contributed by atoms with Crippen LogP contribution in [0.5, 0.6) is 0 Å². The summed E-state index contributed by atoms with van der Waals surface area (Å²) in [4.78, 5) is 62.8. The Bertz CT molecular complexity index is 1120. The van der Waals surface area contributed by atoms with Crippen LogP contribution in [0.1, 0.15) is 146 Å². The number of hydrogen-bond acceptors (Lipinski definition) is 7. The Morgan fingerprint density at radius 2 is 1.54 bits per heavy atom. The Balaban J connectivity index is 0. The molecule has 0 bridgehead atoms. The van der Waals surface area contributed by atoms with Crippen molar-refractivity contribution in [2.45, 2.75) is 158 Å². The van der Waals surface area contributed by atoms with Gasteiger partial charge in [0.15, 0.2) is 0 Å². The Kier molecular flexibility index (Phi) is 28.0. The average molecular weight is 755 g/mol. The van der Waals surface area contributed by atoms with Gasteiger partial charge in [-0.2, -0.15) is 5.26 Å². The SMILES string of the molecule is CCC(CC)(CS(=O)CCC(C)C)NC(=O)NC(CC(=O)N(C)CCCCC(=O)NCC(=O)C(=O)NCC#N)C(C)(C)C.CCC1CC1.CCCC. The Morgan fingerprint density at radius 3 is 1.98 bits per heavy atom. The van der Waals surface area contributed by atoms with Crippen LogP contribution in [0.3, 0.4) is 0 Å². The average Bonchev–Trinajstić information content (AvgIpc) is 3.94. The summed E-state index contributed by atoms with van der Waals surface area (Å²) in [7, 11) is 0.619. The third kappa shape index (κ3) is 25.9. The molecule has 0 spiro atoms. The van der Waals surface area contributed by atoms with Crippen LogP contribution < -0.4 is 21.3 Å². The van der Waals surface area contributed by atoms with E-state index in [1.54, 1.807) is 18.0 Å². The van der Waals surface area contributed by atoms with Gasteiger partial charge >= 0.3 is 6.03 Å². The Morgan fingerprint density at radius 1 is 0.942 bits per heavy atom. The maximum Gasteiger partial charge on any atom is 0.315 e. The summed E-state index contributed by atoms with van der Waals surface area (Å²) >= 11 is 0. The standard InChI is InChI=1S/C30H54N6O6S.C5H10.C4H10/c1-9-30(10-2,21-43(42)18-14-22(3)4)35-28(41)34-24(29(5,6)7)19-26(39)36(8)17-12-11-13-25(38)33-20-23(37)27(40)32-16-15-31;1-2-5-3-4-5;1-3-4-2/h22,24H,9-14,16-21H2,1-8H3,(H,32,40)(H,33,38)(H2,34,35,41);5H,2-4H2,1H3;3-4H2,1-2H3. The number of amides is 5.